The van der Waals surface area contributed by atoms with Crippen LogP contribution in [0.25, 0.3) is 5.70 Å². The molecule has 0 saturated carbocycles. The quantitative estimate of drug-likeness (QED) is 0.161. The van der Waals surface area contributed by atoms with Crippen molar-refractivity contribution in [3.05, 3.63) is 105 Å². The molecule has 0 bridgehead atoms. The van der Waals surface area contributed by atoms with Crippen molar-refractivity contribution in [3.8, 4) is 17.2 Å². The predicted molar refractivity (Wildman–Crippen MR) is 142 cm³/mol. The molecule has 1 aliphatic heterocycles. The first-order chi connectivity index (χ1) is 18.4. The van der Waals surface area contributed by atoms with Crippen LogP contribution in [0, 0.1) is 10.1 Å². The van der Waals surface area contributed by atoms with E-state index < -0.39 is 23.4 Å². The minimum Gasteiger partial charge on any atom is -0.497 e. The van der Waals surface area contributed by atoms with Gasteiger partial charge in [0.1, 0.15) is 5.75 Å². The Morgan fingerprint density at radius 3 is 2.39 bits per heavy atom. The summed E-state index contributed by atoms with van der Waals surface area (Å²) in [5, 5.41) is 15.4. The van der Waals surface area contributed by atoms with Crippen LogP contribution in [0.15, 0.2) is 78.4 Å². The Hall–Kier alpha value is -4.53. The van der Waals surface area contributed by atoms with E-state index in [1.165, 1.54) is 0 Å². The number of ether oxygens (including phenoxy) is 4. The maximum absolute atomic E-state index is 13.6. The first-order valence-corrected chi connectivity index (χ1v) is 12.3. The average Bonchev–Trinajstić information content (AvgIpc) is 3.40. The number of rotatable bonds is 11. The molecule has 1 unspecified atom stereocenters. The first kappa shape index (κ1) is 26.5. The van der Waals surface area contributed by atoms with Crippen LogP contribution in [-0.4, -0.2) is 37.9 Å². The standard InChI is InChI=1S/C29H30N2O7/c1-4-36-29(32)27(24(17-31(33)34)22-12-15-25-26(16-22)38-18-37-25)28(21-10-13-23(35-3)14-11-21)30-19(2)20-8-6-5-7-9-20/h5-16,19,24,30H,4,17-18H2,1-3H3/b28-27+/t19-,24?/m0/s1. The minimum atomic E-state index is -0.939. The number of benzene rings is 3. The Balaban J connectivity index is 1.93. The Bertz CT molecular complexity index is 1310. The van der Waals surface area contributed by atoms with Gasteiger partial charge in [-0.3, -0.25) is 10.1 Å². The molecule has 3 aromatic rings. The molecule has 0 amide bonds. The molecule has 0 fully saturated rings. The second-order valence-electron chi connectivity index (χ2n) is 8.69. The maximum atomic E-state index is 13.6. The van der Waals surface area contributed by atoms with Gasteiger partial charge in [0.15, 0.2) is 11.5 Å². The van der Waals surface area contributed by atoms with Crippen LogP contribution >= 0.6 is 0 Å². The van der Waals surface area contributed by atoms with E-state index in [9.17, 15) is 14.9 Å². The molecule has 38 heavy (non-hydrogen) atoms. The third-order valence-electron chi connectivity index (χ3n) is 6.28. The summed E-state index contributed by atoms with van der Waals surface area (Å²) < 4.78 is 21.7. The normalized spacial score (nSPS) is 14.2. The summed E-state index contributed by atoms with van der Waals surface area (Å²) in [6.07, 6.45) is 0. The third kappa shape index (κ3) is 6.05. The van der Waals surface area contributed by atoms with Gasteiger partial charge in [-0.15, -0.1) is 0 Å². The summed E-state index contributed by atoms with van der Waals surface area (Å²) in [5.41, 5.74) is 2.76. The van der Waals surface area contributed by atoms with E-state index in [1.807, 2.05) is 37.3 Å². The number of nitro groups is 1. The largest absolute Gasteiger partial charge is 0.497 e. The summed E-state index contributed by atoms with van der Waals surface area (Å²) in [7, 11) is 1.57. The zero-order valence-corrected chi connectivity index (χ0v) is 21.5. The van der Waals surface area contributed by atoms with E-state index in [0.717, 1.165) is 5.56 Å². The van der Waals surface area contributed by atoms with E-state index in [-0.39, 0.29) is 25.0 Å². The lowest BCUT2D eigenvalue weighted by Crippen LogP contribution is -2.28. The molecule has 0 saturated heterocycles. The monoisotopic (exact) mass is 518 g/mol. The number of nitrogens with zero attached hydrogens (tertiary/aromatic N) is 1. The molecule has 0 aromatic heterocycles. The fraction of sp³-hybridized carbons (Fsp3) is 0.276. The first-order valence-electron chi connectivity index (χ1n) is 12.3. The van der Waals surface area contributed by atoms with E-state index in [1.54, 1.807) is 56.5 Å². The fourth-order valence-corrected chi connectivity index (χ4v) is 4.39. The van der Waals surface area contributed by atoms with E-state index >= 15 is 0 Å². The lowest BCUT2D eigenvalue weighted by Gasteiger charge is -2.25. The van der Waals surface area contributed by atoms with Crippen molar-refractivity contribution in [1.29, 1.82) is 0 Å². The molecule has 1 heterocycles. The van der Waals surface area contributed by atoms with Gasteiger partial charge >= 0.3 is 5.97 Å². The van der Waals surface area contributed by atoms with Crippen LogP contribution in [0.5, 0.6) is 17.2 Å². The highest BCUT2D eigenvalue weighted by molar-refractivity contribution is 5.99. The molecule has 9 heteroatoms. The van der Waals surface area contributed by atoms with Gasteiger partial charge in [0.2, 0.25) is 13.3 Å². The highest BCUT2D eigenvalue weighted by atomic mass is 16.7. The Morgan fingerprint density at radius 1 is 1.03 bits per heavy atom. The maximum Gasteiger partial charge on any atom is 0.337 e. The van der Waals surface area contributed by atoms with Crippen LogP contribution in [-0.2, 0) is 9.53 Å². The number of hydrogen-bond acceptors (Lipinski definition) is 8. The molecule has 198 valence electrons. The lowest BCUT2D eigenvalue weighted by atomic mass is 9.87. The summed E-state index contributed by atoms with van der Waals surface area (Å²) in [6.45, 7) is 3.30. The molecular formula is C29H30N2O7. The van der Waals surface area contributed by atoms with Gasteiger partial charge in [-0.05, 0) is 66.9 Å². The summed E-state index contributed by atoms with van der Waals surface area (Å²) in [5.74, 6) is 0.0679. The van der Waals surface area contributed by atoms with Gasteiger partial charge in [-0.1, -0.05) is 36.4 Å². The lowest BCUT2D eigenvalue weighted by molar-refractivity contribution is -0.481. The Morgan fingerprint density at radius 2 is 1.74 bits per heavy atom. The molecule has 0 spiro atoms. The van der Waals surface area contributed by atoms with Gasteiger partial charge in [0, 0.05) is 11.0 Å². The molecule has 4 rings (SSSR count). The number of fused-ring (bicyclic) bond motifs is 1. The van der Waals surface area contributed by atoms with Crippen LogP contribution in [0.4, 0.5) is 0 Å². The van der Waals surface area contributed by atoms with Crippen molar-refractivity contribution in [2.24, 2.45) is 0 Å². The summed E-state index contributed by atoms with van der Waals surface area (Å²) in [4.78, 5) is 25.1. The number of hydrogen-bond donors (Lipinski definition) is 1. The number of carbonyl (C=O) groups excluding carboxylic acids is 1. The van der Waals surface area contributed by atoms with Crippen molar-refractivity contribution in [2.45, 2.75) is 25.8 Å². The van der Waals surface area contributed by atoms with E-state index in [0.29, 0.717) is 34.1 Å². The summed E-state index contributed by atoms with van der Waals surface area (Å²) in [6, 6.07) is 21.7. The molecule has 0 radical (unpaired) electrons. The van der Waals surface area contributed by atoms with E-state index in [2.05, 4.69) is 5.32 Å². The molecule has 1 aliphatic rings. The number of carbonyl (C=O) groups is 1. The highest BCUT2D eigenvalue weighted by Gasteiger charge is 2.34. The zero-order chi connectivity index (χ0) is 27.1. The Kier molecular flexibility index (Phi) is 8.47. The van der Waals surface area contributed by atoms with Crippen molar-refractivity contribution in [1.82, 2.24) is 5.32 Å². The van der Waals surface area contributed by atoms with Gasteiger partial charge in [0.05, 0.1) is 30.9 Å². The van der Waals surface area contributed by atoms with Crippen LogP contribution in [0.1, 0.15) is 42.5 Å². The summed E-state index contributed by atoms with van der Waals surface area (Å²) >= 11 is 0. The number of esters is 1. The highest BCUT2D eigenvalue weighted by Crippen LogP contribution is 2.39. The van der Waals surface area contributed by atoms with Crippen molar-refractivity contribution in [2.75, 3.05) is 27.1 Å². The molecule has 1 N–H and O–H groups in total. The average molecular weight is 519 g/mol. The molecule has 3 aromatic carbocycles. The molecule has 9 nitrogen and oxygen atoms in total. The SMILES string of the molecule is CCOC(=O)/C(=C(/N[C@@H](C)c1ccccc1)c1ccc(OC)cc1)C(C[N+](=O)[O-])c1ccc2c(c1)OCO2. The van der Waals surface area contributed by atoms with Gasteiger partial charge in [0.25, 0.3) is 0 Å². The minimum absolute atomic E-state index is 0.0620. The second-order valence-corrected chi connectivity index (χ2v) is 8.69. The van der Waals surface area contributed by atoms with Crippen LogP contribution in [0.2, 0.25) is 0 Å². The third-order valence-corrected chi connectivity index (χ3v) is 6.28. The van der Waals surface area contributed by atoms with Gasteiger partial charge < -0.3 is 24.3 Å². The topological polar surface area (TPSA) is 109 Å². The second kappa shape index (κ2) is 12.1. The van der Waals surface area contributed by atoms with Crippen molar-refractivity contribution in [3.63, 3.8) is 0 Å². The van der Waals surface area contributed by atoms with Gasteiger partial charge in [-0.25, -0.2) is 4.79 Å². The predicted octanol–water partition coefficient (Wildman–Crippen LogP) is 5.11. The van der Waals surface area contributed by atoms with E-state index in [4.69, 9.17) is 18.9 Å². The van der Waals surface area contributed by atoms with Gasteiger partial charge in [-0.2, -0.15) is 0 Å². The number of methoxy groups -OCH3 is 1. The molecule has 0 aliphatic carbocycles. The number of nitrogens with one attached hydrogen (secondary N) is 1. The van der Waals surface area contributed by atoms with Crippen LogP contribution < -0.4 is 19.5 Å². The fourth-order valence-electron chi connectivity index (χ4n) is 4.39. The zero-order valence-electron chi connectivity index (χ0n) is 21.5. The van der Waals surface area contributed by atoms with Crippen molar-refractivity contribution >= 4 is 11.7 Å². The van der Waals surface area contributed by atoms with Crippen LogP contribution in [0.3, 0.4) is 0 Å². The molecular weight excluding hydrogens is 488 g/mol. The molecule has 2 atom stereocenters. The van der Waals surface area contributed by atoms with Crippen molar-refractivity contribution < 1.29 is 28.7 Å². The Labute approximate surface area is 221 Å². The smallest absolute Gasteiger partial charge is 0.337 e.